The number of nitrogens with two attached hydrogens (primary N) is 1. The maximum absolute atomic E-state index is 12.1. The van der Waals surface area contributed by atoms with Gasteiger partial charge in [0.25, 0.3) is 5.91 Å². The van der Waals surface area contributed by atoms with Gasteiger partial charge in [0.2, 0.25) is 0 Å². The van der Waals surface area contributed by atoms with Crippen molar-refractivity contribution in [2.24, 2.45) is 0 Å². The van der Waals surface area contributed by atoms with Gasteiger partial charge in [-0.15, -0.1) is 0 Å². The first kappa shape index (κ1) is 17.2. The lowest BCUT2D eigenvalue weighted by Crippen LogP contribution is -2.14. The first-order chi connectivity index (χ1) is 11.4. The lowest BCUT2D eigenvalue weighted by atomic mass is 10.2. The van der Waals surface area contributed by atoms with E-state index < -0.39 is 5.91 Å². The van der Waals surface area contributed by atoms with Gasteiger partial charge in [0, 0.05) is 11.9 Å². The highest BCUT2D eigenvalue weighted by atomic mass is 35.5. The fraction of sp³-hybridized carbons (Fsp3) is 0.0588. The second-order valence-electron chi connectivity index (χ2n) is 5.03. The maximum Gasteiger partial charge on any atom is 0.267 e. The van der Waals surface area contributed by atoms with Crippen LogP contribution in [-0.4, -0.2) is 11.0 Å². The van der Waals surface area contributed by atoms with E-state index in [0.717, 1.165) is 5.56 Å². The van der Waals surface area contributed by atoms with Crippen LogP contribution in [0.1, 0.15) is 5.56 Å². The Morgan fingerprint density at radius 3 is 2.75 bits per heavy atom. The van der Waals surface area contributed by atoms with Crippen LogP contribution in [0, 0.1) is 18.3 Å². The highest BCUT2D eigenvalue weighted by Gasteiger charge is 2.10. The molecule has 1 amide bonds. The highest BCUT2D eigenvalue weighted by molar-refractivity contribution is 6.33. The number of aromatic hydroxyl groups is 1. The summed E-state index contributed by atoms with van der Waals surface area (Å²) in [6, 6.07) is 11.4. The standard InChI is InChI=1S/C17H15ClN4O2/c1-10-2-5-16(23)15(6-10)21-9-11(8-19)17(24)22-12-3-4-14(20)13(18)7-12/h2-7,9,21,23H,20H2,1H3,(H,22,24)/b11-9-. The van der Waals surface area contributed by atoms with E-state index in [4.69, 9.17) is 22.6 Å². The fourth-order valence-corrected chi connectivity index (χ4v) is 2.05. The number of benzene rings is 2. The molecule has 2 aromatic carbocycles. The molecule has 0 saturated carbocycles. The molecule has 0 atom stereocenters. The normalized spacial score (nSPS) is 10.8. The molecule has 0 aromatic heterocycles. The van der Waals surface area contributed by atoms with Crippen molar-refractivity contribution in [2.45, 2.75) is 6.92 Å². The summed E-state index contributed by atoms with van der Waals surface area (Å²) in [4.78, 5) is 12.1. The predicted molar refractivity (Wildman–Crippen MR) is 94.7 cm³/mol. The number of halogens is 1. The summed E-state index contributed by atoms with van der Waals surface area (Å²) >= 11 is 5.89. The zero-order valence-electron chi connectivity index (χ0n) is 12.8. The van der Waals surface area contributed by atoms with Gasteiger partial charge in [-0.2, -0.15) is 5.26 Å². The average molecular weight is 343 g/mol. The Morgan fingerprint density at radius 1 is 1.33 bits per heavy atom. The van der Waals surface area contributed by atoms with Crippen LogP contribution in [-0.2, 0) is 4.79 Å². The number of nitrogens with zero attached hydrogens (tertiary/aromatic N) is 1. The van der Waals surface area contributed by atoms with Gasteiger partial charge < -0.3 is 21.5 Å². The number of phenols is 1. The number of carbonyl (C=O) groups is 1. The molecular weight excluding hydrogens is 328 g/mol. The van der Waals surface area contributed by atoms with Crippen molar-refractivity contribution >= 4 is 34.6 Å². The average Bonchev–Trinajstić information content (AvgIpc) is 2.54. The number of hydrogen-bond acceptors (Lipinski definition) is 5. The molecule has 2 rings (SSSR count). The number of nitriles is 1. The molecule has 0 spiro atoms. The summed E-state index contributed by atoms with van der Waals surface area (Å²) in [6.45, 7) is 1.86. The Morgan fingerprint density at radius 2 is 2.08 bits per heavy atom. The molecule has 0 bridgehead atoms. The van der Waals surface area contributed by atoms with Crippen LogP contribution >= 0.6 is 11.6 Å². The third-order valence-electron chi connectivity index (χ3n) is 3.15. The number of anilines is 3. The van der Waals surface area contributed by atoms with Crippen LogP contribution < -0.4 is 16.4 Å². The van der Waals surface area contributed by atoms with E-state index in [1.807, 2.05) is 6.92 Å². The number of carbonyl (C=O) groups excluding carboxylic acids is 1. The van der Waals surface area contributed by atoms with Gasteiger partial charge in [0.05, 0.1) is 16.4 Å². The molecule has 5 N–H and O–H groups in total. The first-order valence-electron chi connectivity index (χ1n) is 6.93. The zero-order valence-corrected chi connectivity index (χ0v) is 13.6. The van der Waals surface area contributed by atoms with Crippen molar-refractivity contribution in [3.05, 3.63) is 58.8 Å². The van der Waals surface area contributed by atoms with Gasteiger partial charge in [-0.3, -0.25) is 4.79 Å². The van der Waals surface area contributed by atoms with Crippen molar-refractivity contribution in [3.8, 4) is 11.8 Å². The topological polar surface area (TPSA) is 111 Å². The summed E-state index contributed by atoms with van der Waals surface area (Å²) in [5.74, 6) is -0.599. The van der Waals surface area contributed by atoms with E-state index in [1.165, 1.54) is 18.3 Å². The van der Waals surface area contributed by atoms with Crippen LogP contribution in [0.2, 0.25) is 5.02 Å². The van der Waals surface area contributed by atoms with Crippen LogP contribution in [0.3, 0.4) is 0 Å². The van der Waals surface area contributed by atoms with Crippen molar-refractivity contribution in [2.75, 3.05) is 16.4 Å². The maximum atomic E-state index is 12.1. The van der Waals surface area contributed by atoms with Crippen molar-refractivity contribution < 1.29 is 9.90 Å². The minimum atomic E-state index is -0.613. The third-order valence-corrected chi connectivity index (χ3v) is 3.47. The minimum Gasteiger partial charge on any atom is -0.506 e. The fourth-order valence-electron chi connectivity index (χ4n) is 1.87. The second kappa shape index (κ2) is 7.40. The number of amides is 1. The number of rotatable bonds is 4. The molecule has 24 heavy (non-hydrogen) atoms. The van der Waals surface area contributed by atoms with E-state index in [9.17, 15) is 9.90 Å². The molecular formula is C17H15ClN4O2. The summed E-state index contributed by atoms with van der Waals surface area (Å²) in [6.07, 6.45) is 1.22. The van der Waals surface area contributed by atoms with Crippen LogP contribution in [0.5, 0.6) is 5.75 Å². The van der Waals surface area contributed by atoms with E-state index in [1.54, 1.807) is 30.3 Å². The molecule has 6 nitrogen and oxygen atoms in total. The monoisotopic (exact) mass is 342 g/mol. The van der Waals surface area contributed by atoms with Crippen molar-refractivity contribution in [3.63, 3.8) is 0 Å². The largest absolute Gasteiger partial charge is 0.506 e. The van der Waals surface area contributed by atoms with E-state index >= 15 is 0 Å². The van der Waals surface area contributed by atoms with Gasteiger partial charge in [-0.05, 0) is 42.8 Å². The number of aryl methyl sites for hydroxylation is 1. The van der Waals surface area contributed by atoms with Crippen LogP contribution in [0.25, 0.3) is 0 Å². The number of nitrogens with one attached hydrogen (secondary N) is 2. The molecule has 122 valence electrons. The van der Waals surface area contributed by atoms with Crippen molar-refractivity contribution in [1.82, 2.24) is 0 Å². The second-order valence-corrected chi connectivity index (χ2v) is 5.43. The summed E-state index contributed by atoms with van der Waals surface area (Å²) in [5.41, 5.74) is 7.56. The van der Waals surface area contributed by atoms with Gasteiger partial charge in [-0.25, -0.2) is 0 Å². The van der Waals surface area contributed by atoms with E-state index in [0.29, 0.717) is 22.1 Å². The number of hydrogen-bond donors (Lipinski definition) is 4. The van der Waals surface area contributed by atoms with Crippen molar-refractivity contribution in [1.29, 1.82) is 5.26 Å². The SMILES string of the molecule is Cc1ccc(O)c(N/C=C(/C#N)C(=O)Nc2ccc(N)c(Cl)c2)c1. The van der Waals surface area contributed by atoms with Gasteiger partial charge >= 0.3 is 0 Å². The molecule has 0 aliphatic carbocycles. The number of phenolic OH excluding ortho intramolecular Hbond substituents is 1. The van der Waals surface area contributed by atoms with E-state index in [-0.39, 0.29) is 11.3 Å². The molecule has 7 heteroatoms. The van der Waals surface area contributed by atoms with Gasteiger partial charge in [-0.1, -0.05) is 17.7 Å². The Hall–Kier alpha value is -3.17. The summed E-state index contributed by atoms with van der Waals surface area (Å²) in [7, 11) is 0. The zero-order chi connectivity index (χ0) is 17.7. The Kier molecular flexibility index (Phi) is 5.30. The molecule has 0 unspecified atom stereocenters. The molecule has 0 saturated heterocycles. The Labute approximate surface area is 144 Å². The third kappa shape index (κ3) is 4.18. The predicted octanol–water partition coefficient (Wildman–Crippen LogP) is 3.39. The quantitative estimate of drug-likeness (QED) is 0.294. The Bertz CT molecular complexity index is 856. The number of nitrogen functional groups attached to an aromatic ring is 1. The first-order valence-corrected chi connectivity index (χ1v) is 7.31. The highest BCUT2D eigenvalue weighted by Crippen LogP contribution is 2.25. The summed E-state index contributed by atoms with van der Waals surface area (Å²) < 4.78 is 0. The molecule has 0 heterocycles. The molecule has 0 aliphatic rings. The molecule has 0 aliphatic heterocycles. The van der Waals surface area contributed by atoms with E-state index in [2.05, 4.69) is 10.6 Å². The summed E-state index contributed by atoms with van der Waals surface area (Å²) in [5, 5.41) is 24.5. The molecule has 2 aromatic rings. The lowest BCUT2D eigenvalue weighted by molar-refractivity contribution is -0.112. The van der Waals surface area contributed by atoms with Crippen LogP contribution in [0.4, 0.5) is 17.1 Å². The molecule has 0 radical (unpaired) electrons. The smallest absolute Gasteiger partial charge is 0.267 e. The minimum absolute atomic E-state index is 0.0138. The lowest BCUT2D eigenvalue weighted by Gasteiger charge is -2.08. The molecule has 0 fully saturated rings. The van der Waals surface area contributed by atoms with Gasteiger partial charge in [0.15, 0.2) is 0 Å². The Balaban J connectivity index is 2.15. The van der Waals surface area contributed by atoms with Gasteiger partial charge in [0.1, 0.15) is 17.4 Å². The van der Waals surface area contributed by atoms with Crippen LogP contribution in [0.15, 0.2) is 48.2 Å².